The van der Waals surface area contributed by atoms with Gasteiger partial charge in [-0.05, 0) is 36.0 Å². The molecule has 1 aromatic carbocycles. The number of ketones is 1. The van der Waals surface area contributed by atoms with E-state index in [0.717, 1.165) is 0 Å². The lowest BCUT2D eigenvalue weighted by Gasteiger charge is -2.35. The van der Waals surface area contributed by atoms with Crippen molar-refractivity contribution in [3.05, 3.63) is 47.3 Å². The van der Waals surface area contributed by atoms with Crippen LogP contribution in [0, 0.1) is 28.5 Å². The first-order valence-electron chi connectivity index (χ1n) is 8.57. The van der Waals surface area contributed by atoms with Crippen molar-refractivity contribution in [2.24, 2.45) is 33.6 Å². The van der Waals surface area contributed by atoms with E-state index in [2.05, 4.69) is 5.10 Å². The summed E-state index contributed by atoms with van der Waals surface area (Å²) >= 11 is 0. The summed E-state index contributed by atoms with van der Waals surface area (Å²) in [5, 5.41) is 3.70. The van der Waals surface area contributed by atoms with Crippen molar-refractivity contribution in [3.63, 3.8) is 0 Å². The van der Waals surface area contributed by atoms with Crippen LogP contribution >= 0.6 is 0 Å². The molecular weight excluding hydrogens is 335 g/mol. The van der Waals surface area contributed by atoms with E-state index in [1.165, 1.54) is 13.2 Å². The van der Waals surface area contributed by atoms with E-state index in [9.17, 15) is 14.0 Å². The van der Waals surface area contributed by atoms with Crippen molar-refractivity contribution < 1.29 is 18.7 Å². The zero-order valence-corrected chi connectivity index (χ0v) is 15.4. The maximum absolute atomic E-state index is 14.1. The molecule has 0 aromatic heterocycles. The molecule has 2 bridgehead atoms. The van der Waals surface area contributed by atoms with Crippen molar-refractivity contribution in [1.29, 1.82) is 0 Å². The number of rotatable bonds is 3. The molecule has 2 fully saturated rings. The molecule has 5 nitrogen and oxygen atoms in total. The second-order valence-corrected chi connectivity index (χ2v) is 7.71. The third kappa shape index (κ3) is 2.24. The Morgan fingerprint density at radius 3 is 2.54 bits per heavy atom. The number of nitrogens with two attached hydrogens (primary N) is 1. The number of Topliss-reactive ketones (excluding diaryl/α,β-unsaturated/α-hetero) is 1. The second-order valence-electron chi connectivity index (χ2n) is 7.71. The number of esters is 1. The quantitative estimate of drug-likeness (QED) is 0.296. The van der Waals surface area contributed by atoms with E-state index >= 15 is 0 Å². The van der Waals surface area contributed by atoms with E-state index in [4.69, 9.17) is 10.6 Å². The Hall–Kier alpha value is -2.50. The molecule has 2 saturated carbocycles. The van der Waals surface area contributed by atoms with Gasteiger partial charge in [0, 0.05) is 16.6 Å². The number of hydrogen-bond acceptors (Lipinski definition) is 5. The second kappa shape index (κ2) is 6.04. The summed E-state index contributed by atoms with van der Waals surface area (Å²) in [6.07, 6.45) is 2.09. The minimum absolute atomic E-state index is 0.119. The van der Waals surface area contributed by atoms with Crippen molar-refractivity contribution in [3.8, 4) is 0 Å². The molecule has 26 heavy (non-hydrogen) atoms. The van der Waals surface area contributed by atoms with Gasteiger partial charge in [0.25, 0.3) is 0 Å². The molecule has 0 amide bonds. The molecule has 0 spiro atoms. The number of hydrazone groups is 1. The van der Waals surface area contributed by atoms with Gasteiger partial charge in [-0.1, -0.05) is 32.9 Å². The predicted octanol–water partition coefficient (Wildman–Crippen LogP) is 2.84. The van der Waals surface area contributed by atoms with Crippen LogP contribution in [-0.4, -0.2) is 24.6 Å². The number of halogens is 1. The Morgan fingerprint density at radius 1 is 1.35 bits per heavy atom. The molecule has 2 N–H and O–H groups in total. The van der Waals surface area contributed by atoms with Gasteiger partial charge in [-0.15, -0.1) is 0 Å². The number of benzene rings is 1. The van der Waals surface area contributed by atoms with E-state index in [0.29, 0.717) is 12.0 Å². The highest BCUT2D eigenvalue weighted by atomic mass is 19.1. The van der Waals surface area contributed by atoms with Gasteiger partial charge in [-0.25, -0.2) is 4.39 Å². The molecule has 3 rings (SSSR count). The van der Waals surface area contributed by atoms with Crippen LogP contribution < -0.4 is 5.84 Å². The first kappa shape index (κ1) is 18.3. The summed E-state index contributed by atoms with van der Waals surface area (Å²) < 4.78 is 19.0. The van der Waals surface area contributed by atoms with Crippen LogP contribution in [0.4, 0.5) is 4.39 Å². The van der Waals surface area contributed by atoms with Crippen LogP contribution in [0.3, 0.4) is 0 Å². The number of carbonyl (C=O) groups excluding carboxylic acids is 2. The molecule has 3 atom stereocenters. The fourth-order valence-corrected chi connectivity index (χ4v) is 4.64. The topological polar surface area (TPSA) is 81.8 Å². The summed E-state index contributed by atoms with van der Waals surface area (Å²) in [7, 11) is 1.34. The van der Waals surface area contributed by atoms with Gasteiger partial charge in [0.2, 0.25) is 0 Å². The fraction of sp³-hybridized carbons (Fsp3) is 0.450. The first-order valence-corrected chi connectivity index (χ1v) is 8.57. The molecule has 0 radical (unpaired) electrons. The predicted molar refractivity (Wildman–Crippen MR) is 95.7 cm³/mol. The number of methoxy groups -OCH3 is 1. The minimum Gasteiger partial charge on any atom is -0.469 e. The van der Waals surface area contributed by atoms with Gasteiger partial charge < -0.3 is 10.6 Å². The Bertz CT molecular complexity index is 843. The van der Waals surface area contributed by atoms with Crippen LogP contribution in [0.15, 0.2) is 41.0 Å². The van der Waals surface area contributed by atoms with Gasteiger partial charge in [0.1, 0.15) is 5.82 Å². The standard InChI is InChI=1S/C20H23FN2O3/c1-19(2)13-10-14(18(25)26-4)20(19,3)17(24)12(13)9-16(23-22)11-7-5-6-8-15(11)21/h5-9,13-14H,10,22H2,1-4H3/b12-9?,23-16+/t13-,14+,20+/m1/s1. The Morgan fingerprint density at radius 2 is 2.00 bits per heavy atom. The number of hydrogen-bond donors (Lipinski definition) is 1. The van der Waals surface area contributed by atoms with E-state index in [1.54, 1.807) is 24.3 Å². The number of nitrogens with zero attached hydrogens (tertiary/aromatic N) is 1. The highest BCUT2D eigenvalue weighted by Crippen LogP contribution is 2.68. The maximum atomic E-state index is 14.1. The maximum Gasteiger partial charge on any atom is 0.309 e. The lowest BCUT2D eigenvalue weighted by molar-refractivity contribution is -0.154. The molecule has 6 heteroatoms. The average molecular weight is 358 g/mol. The van der Waals surface area contributed by atoms with Gasteiger partial charge in [0.15, 0.2) is 5.78 Å². The third-order valence-corrected chi connectivity index (χ3v) is 6.55. The highest BCUT2D eigenvalue weighted by Gasteiger charge is 2.70. The largest absolute Gasteiger partial charge is 0.469 e. The van der Waals surface area contributed by atoms with E-state index < -0.39 is 22.6 Å². The number of fused-ring (bicyclic) bond motifs is 2. The monoisotopic (exact) mass is 358 g/mol. The first-order chi connectivity index (χ1) is 12.2. The average Bonchev–Trinajstić information content (AvgIpc) is 2.90. The summed E-state index contributed by atoms with van der Waals surface area (Å²) in [4.78, 5) is 25.4. The van der Waals surface area contributed by atoms with E-state index in [1.807, 2.05) is 20.8 Å². The van der Waals surface area contributed by atoms with Crippen LogP contribution in [0.25, 0.3) is 0 Å². The summed E-state index contributed by atoms with van der Waals surface area (Å²) in [5.74, 6) is 3.92. The zero-order valence-electron chi connectivity index (χ0n) is 15.4. The Labute approximate surface area is 152 Å². The SMILES string of the molecule is COC(=O)[C@@H]1C[C@@H]2C(=C/C(=N\N)c3ccccc3F)C(=O)[C@@]1(C)C2(C)C. The van der Waals surface area contributed by atoms with Crippen molar-refractivity contribution in [2.75, 3.05) is 7.11 Å². The molecular formula is C20H23FN2O3. The minimum atomic E-state index is -0.870. The molecule has 1 aromatic rings. The summed E-state index contributed by atoms with van der Waals surface area (Å²) in [5.41, 5.74) is -0.293. The Kier molecular flexibility index (Phi) is 4.25. The van der Waals surface area contributed by atoms with E-state index in [-0.39, 0.29) is 28.9 Å². The lowest BCUT2D eigenvalue weighted by Crippen LogP contribution is -2.42. The zero-order chi connectivity index (χ0) is 19.3. The molecule has 2 aliphatic carbocycles. The molecule has 0 saturated heterocycles. The highest BCUT2D eigenvalue weighted by molar-refractivity contribution is 6.16. The van der Waals surface area contributed by atoms with Crippen LogP contribution in [0.2, 0.25) is 0 Å². The normalized spacial score (nSPS) is 31.5. The summed E-state index contributed by atoms with van der Waals surface area (Å²) in [6, 6.07) is 6.15. The molecule has 138 valence electrons. The van der Waals surface area contributed by atoms with Crippen molar-refractivity contribution in [1.82, 2.24) is 0 Å². The molecule has 0 heterocycles. The third-order valence-electron chi connectivity index (χ3n) is 6.55. The lowest BCUT2D eigenvalue weighted by atomic mass is 9.66. The molecule has 2 aliphatic rings. The van der Waals surface area contributed by atoms with Gasteiger partial charge in [-0.2, -0.15) is 5.10 Å². The summed E-state index contributed by atoms with van der Waals surface area (Å²) in [6.45, 7) is 5.80. The van der Waals surface area contributed by atoms with Crippen molar-refractivity contribution >= 4 is 17.5 Å². The van der Waals surface area contributed by atoms with Crippen LogP contribution in [0.5, 0.6) is 0 Å². The number of carbonyl (C=O) groups is 2. The Balaban J connectivity index is 2.07. The van der Waals surface area contributed by atoms with Crippen molar-refractivity contribution in [2.45, 2.75) is 27.2 Å². The van der Waals surface area contributed by atoms with Gasteiger partial charge in [0.05, 0.1) is 18.7 Å². The van der Waals surface area contributed by atoms with Crippen LogP contribution in [0.1, 0.15) is 32.8 Å². The van der Waals surface area contributed by atoms with Gasteiger partial charge >= 0.3 is 5.97 Å². The molecule has 0 unspecified atom stereocenters. The number of allylic oxidation sites excluding steroid dienone is 2. The van der Waals surface area contributed by atoms with Crippen LogP contribution in [-0.2, 0) is 14.3 Å². The van der Waals surface area contributed by atoms with Gasteiger partial charge in [-0.3, -0.25) is 9.59 Å². The fourth-order valence-electron chi connectivity index (χ4n) is 4.64. The smallest absolute Gasteiger partial charge is 0.309 e. The molecule has 0 aliphatic heterocycles. The number of ether oxygens (including phenoxy) is 1.